The van der Waals surface area contributed by atoms with E-state index in [1.54, 1.807) is 45.4 Å². The molecule has 0 aliphatic heterocycles. The van der Waals surface area contributed by atoms with Crippen LogP contribution in [0.25, 0.3) is 0 Å². The van der Waals surface area contributed by atoms with Crippen molar-refractivity contribution < 1.29 is 19.0 Å². The monoisotopic (exact) mass is 357 g/mol. The van der Waals surface area contributed by atoms with Crippen LogP contribution in [0.15, 0.2) is 42.5 Å². The lowest BCUT2D eigenvalue weighted by Gasteiger charge is -2.22. The molecule has 0 aliphatic carbocycles. The molecule has 2 aromatic rings. The van der Waals surface area contributed by atoms with Crippen LogP contribution in [-0.2, 0) is 4.79 Å². The normalized spacial score (nSPS) is 12.8. The van der Waals surface area contributed by atoms with Gasteiger partial charge in [-0.15, -0.1) is 0 Å². The van der Waals surface area contributed by atoms with E-state index < -0.39 is 6.10 Å². The Kier molecular flexibility index (Phi) is 6.89. The summed E-state index contributed by atoms with van der Waals surface area (Å²) in [6.45, 7) is 5.78. The topological polar surface area (TPSA) is 56.8 Å². The molecule has 2 atom stereocenters. The van der Waals surface area contributed by atoms with E-state index in [-0.39, 0.29) is 11.9 Å². The van der Waals surface area contributed by atoms with Crippen molar-refractivity contribution in [2.24, 2.45) is 0 Å². The maximum absolute atomic E-state index is 12.5. The number of amides is 1. The Hall–Kier alpha value is -2.69. The van der Waals surface area contributed by atoms with Gasteiger partial charge in [0.2, 0.25) is 0 Å². The Morgan fingerprint density at radius 3 is 2.23 bits per heavy atom. The quantitative estimate of drug-likeness (QED) is 0.774. The van der Waals surface area contributed by atoms with E-state index >= 15 is 0 Å². The Balaban J connectivity index is 2.01. The first kappa shape index (κ1) is 19.6. The van der Waals surface area contributed by atoms with Crippen molar-refractivity contribution >= 4 is 5.91 Å². The molecule has 140 valence electrons. The highest BCUT2D eigenvalue weighted by Gasteiger charge is 2.20. The summed E-state index contributed by atoms with van der Waals surface area (Å²) in [7, 11) is 3.26. The molecule has 0 saturated carbocycles. The highest BCUT2D eigenvalue weighted by molar-refractivity contribution is 5.81. The fraction of sp³-hybridized carbons (Fsp3) is 0.381. The average molecular weight is 357 g/mol. The third-order valence-corrected chi connectivity index (χ3v) is 4.29. The number of methoxy groups -OCH3 is 2. The number of nitrogens with one attached hydrogen (secondary N) is 1. The number of benzene rings is 2. The Labute approximate surface area is 155 Å². The minimum Gasteiger partial charge on any atom is -0.497 e. The fourth-order valence-electron chi connectivity index (χ4n) is 2.74. The number of carbonyl (C=O) groups excluding carboxylic acids is 1. The SMILES string of the molecule is CC[C@@H](NC(=O)[C@@H](C)Oc1ccc(OC)cc1)c1ccc(OC)c(C)c1. The van der Waals surface area contributed by atoms with E-state index in [2.05, 4.69) is 5.32 Å². The molecule has 26 heavy (non-hydrogen) atoms. The second-order valence-electron chi connectivity index (χ2n) is 6.13. The van der Waals surface area contributed by atoms with Crippen molar-refractivity contribution in [1.82, 2.24) is 5.32 Å². The van der Waals surface area contributed by atoms with Crippen LogP contribution in [0.4, 0.5) is 0 Å². The largest absolute Gasteiger partial charge is 0.497 e. The van der Waals surface area contributed by atoms with Crippen LogP contribution in [0.1, 0.15) is 37.4 Å². The summed E-state index contributed by atoms with van der Waals surface area (Å²) in [5, 5.41) is 3.06. The van der Waals surface area contributed by atoms with Crippen LogP contribution in [0.2, 0.25) is 0 Å². The summed E-state index contributed by atoms with van der Waals surface area (Å²) in [5.41, 5.74) is 2.09. The van der Waals surface area contributed by atoms with Gasteiger partial charge in [0.1, 0.15) is 17.2 Å². The molecular formula is C21H27NO4. The molecule has 2 rings (SSSR count). The predicted molar refractivity (Wildman–Crippen MR) is 102 cm³/mol. The second kappa shape index (κ2) is 9.13. The maximum Gasteiger partial charge on any atom is 0.261 e. The summed E-state index contributed by atoms with van der Waals surface area (Å²) >= 11 is 0. The zero-order chi connectivity index (χ0) is 19.1. The van der Waals surface area contributed by atoms with E-state index in [0.717, 1.165) is 29.0 Å². The molecular weight excluding hydrogens is 330 g/mol. The molecule has 0 fully saturated rings. The van der Waals surface area contributed by atoms with Gasteiger partial charge in [0, 0.05) is 0 Å². The van der Waals surface area contributed by atoms with Gasteiger partial charge >= 0.3 is 0 Å². The van der Waals surface area contributed by atoms with Crippen molar-refractivity contribution in [1.29, 1.82) is 0 Å². The van der Waals surface area contributed by atoms with Gasteiger partial charge in [-0.2, -0.15) is 0 Å². The molecule has 0 bridgehead atoms. The van der Waals surface area contributed by atoms with E-state index in [0.29, 0.717) is 5.75 Å². The lowest BCUT2D eigenvalue weighted by atomic mass is 10.0. The second-order valence-corrected chi connectivity index (χ2v) is 6.13. The zero-order valence-corrected chi connectivity index (χ0v) is 16.0. The van der Waals surface area contributed by atoms with Gasteiger partial charge in [-0.3, -0.25) is 4.79 Å². The molecule has 2 aromatic carbocycles. The van der Waals surface area contributed by atoms with E-state index in [1.165, 1.54) is 0 Å². The van der Waals surface area contributed by atoms with Gasteiger partial charge in [-0.1, -0.05) is 19.1 Å². The molecule has 0 spiro atoms. The highest BCUT2D eigenvalue weighted by Crippen LogP contribution is 2.24. The first-order valence-corrected chi connectivity index (χ1v) is 8.74. The smallest absolute Gasteiger partial charge is 0.261 e. The number of hydrogen-bond acceptors (Lipinski definition) is 4. The third-order valence-electron chi connectivity index (χ3n) is 4.29. The summed E-state index contributed by atoms with van der Waals surface area (Å²) in [6.07, 6.45) is 0.184. The van der Waals surface area contributed by atoms with Crippen molar-refractivity contribution in [2.45, 2.75) is 39.3 Å². The van der Waals surface area contributed by atoms with Crippen LogP contribution in [0.5, 0.6) is 17.2 Å². The molecule has 0 aromatic heterocycles. The van der Waals surface area contributed by atoms with Gasteiger partial charge in [-0.05, 0) is 61.7 Å². The number of carbonyl (C=O) groups is 1. The summed E-state index contributed by atoms with van der Waals surface area (Å²) in [6, 6.07) is 13.0. The van der Waals surface area contributed by atoms with Gasteiger partial charge in [-0.25, -0.2) is 0 Å². The Morgan fingerprint density at radius 1 is 1.04 bits per heavy atom. The maximum atomic E-state index is 12.5. The molecule has 1 amide bonds. The summed E-state index contributed by atoms with van der Waals surface area (Å²) < 4.78 is 16.1. The average Bonchev–Trinajstić information content (AvgIpc) is 2.66. The first-order valence-electron chi connectivity index (χ1n) is 8.74. The minimum atomic E-state index is -0.600. The van der Waals surface area contributed by atoms with Crippen LogP contribution in [-0.4, -0.2) is 26.2 Å². The summed E-state index contributed by atoms with van der Waals surface area (Å²) in [4.78, 5) is 12.5. The van der Waals surface area contributed by atoms with Crippen LogP contribution < -0.4 is 19.5 Å². The van der Waals surface area contributed by atoms with E-state index in [9.17, 15) is 4.79 Å². The van der Waals surface area contributed by atoms with E-state index in [4.69, 9.17) is 14.2 Å². The minimum absolute atomic E-state index is 0.0750. The fourth-order valence-corrected chi connectivity index (χ4v) is 2.74. The van der Waals surface area contributed by atoms with Crippen molar-refractivity contribution in [3.05, 3.63) is 53.6 Å². The van der Waals surface area contributed by atoms with Crippen molar-refractivity contribution in [3.63, 3.8) is 0 Å². The standard InChI is InChI=1S/C21H27NO4/c1-6-19(16-7-12-20(25-5)14(2)13-16)22-21(23)15(3)26-18-10-8-17(24-4)9-11-18/h7-13,15,19H,6H2,1-5H3,(H,22,23)/t15-,19-/m1/s1. The van der Waals surface area contributed by atoms with Crippen molar-refractivity contribution in [2.75, 3.05) is 14.2 Å². The molecule has 0 heterocycles. The van der Waals surface area contributed by atoms with Gasteiger partial charge in [0.15, 0.2) is 6.10 Å². The van der Waals surface area contributed by atoms with Crippen molar-refractivity contribution in [3.8, 4) is 17.2 Å². The zero-order valence-electron chi connectivity index (χ0n) is 16.0. The molecule has 0 radical (unpaired) electrons. The molecule has 0 saturated heterocycles. The van der Waals surface area contributed by atoms with Gasteiger partial charge in [0.05, 0.1) is 20.3 Å². The predicted octanol–water partition coefficient (Wildman–Crippen LogP) is 4.05. The molecule has 0 unspecified atom stereocenters. The third kappa shape index (κ3) is 4.91. The van der Waals surface area contributed by atoms with Crippen LogP contribution in [0.3, 0.4) is 0 Å². The lowest BCUT2D eigenvalue weighted by Crippen LogP contribution is -2.38. The molecule has 1 N–H and O–H groups in total. The van der Waals surface area contributed by atoms with Crippen LogP contribution in [0, 0.1) is 6.92 Å². The number of aryl methyl sites for hydroxylation is 1. The molecule has 5 nitrogen and oxygen atoms in total. The Bertz CT molecular complexity index is 727. The highest BCUT2D eigenvalue weighted by atomic mass is 16.5. The summed E-state index contributed by atoms with van der Waals surface area (Å²) in [5.74, 6) is 2.06. The number of hydrogen-bond donors (Lipinski definition) is 1. The Morgan fingerprint density at radius 2 is 1.69 bits per heavy atom. The first-order chi connectivity index (χ1) is 12.5. The van der Waals surface area contributed by atoms with E-state index in [1.807, 2.05) is 32.0 Å². The number of ether oxygens (including phenoxy) is 3. The lowest BCUT2D eigenvalue weighted by molar-refractivity contribution is -0.128. The number of rotatable bonds is 8. The molecule has 5 heteroatoms. The van der Waals surface area contributed by atoms with Crippen LogP contribution >= 0.6 is 0 Å². The van der Waals surface area contributed by atoms with Gasteiger partial charge in [0.25, 0.3) is 5.91 Å². The van der Waals surface area contributed by atoms with Gasteiger partial charge < -0.3 is 19.5 Å². The molecule has 0 aliphatic rings.